The summed E-state index contributed by atoms with van der Waals surface area (Å²) in [6, 6.07) is 6.10. The van der Waals surface area contributed by atoms with Crippen molar-refractivity contribution in [2.24, 2.45) is 0 Å². The van der Waals surface area contributed by atoms with Crippen LogP contribution < -0.4 is 16.4 Å². The van der Waals surface area contributed by atoms with Gasteiger partial charge in [0.1, 0.15) is 12.0 Å². The Morgan fingerprint density at radius 2 is 1.71 bits per heavy atom. The first kappa shape index (κ1) is 15.1. The second-order valence-electron chi connectivity index (χ2n) is 6.23. The van der Waals surface area contributed by atoms with Crippen molar-refractivity contribution in [1.29, 1.82) is 0 Å². The Bertz CT molecular complexity index is 644. The zero-order chi connectivity index (χ0) is 15.6. The first-order chi connectivity index (χ1) is 9.78. The molecule has 0 radical (unpaired) electrons. The summed E-state index contributed by atoms with van der Waals surface area (Å²) in [5.74, 6) is 1.26. The van der Waals surface area contributed by atoms with E-state index in [2.05, 4.69) is 61.3 Å². The minimum Gasteiger partial charge on any atom is -0.393 e. The van der Waals surface area contributed by atoms with Gasteiger partial charge in [0.2, 0.25) is 0 Å². The third kappa shape index (κ3) is 3.62. The number of nitrogens with zero attached hydrogens (tertiary/aromatic N) is 2. The van der Waals surface area contributed by atoms with Gasteiger partial charge in [-0.1, -0.05) is 12.1 Å². The number of nitrogen functional groups attached to an aromatic ring is 1. The number of benzene rings is 1. The second kappa shape index (κ2) is 5.60. The molecule has 1 heterocycles. The van der Waals surface area contributed by atoms with Gasteiger partial charge in [-0.05, 0) is 51.8 Å². The lowest BCUT2D eigenvalue weighted by molar-refractivity contribution is 0.630. The van der Waals surface area contributed by atoms with E-state index < -0.39 is 0 Å². The van der Waals surface area contributed by atoms with Crippen molar-refractivity contribution in [2.45, 2.75) is 40.2 Å². The van der Waals surface area contributed by atoms with Gasteiger partial charge in [-0.15, -0.1) is 0 Å². The van der Waals surface area contributed by atoms with Gasteiger partial charge in [0.15, 0.2) is 11.6 Å². The van der Waals surface area contributed by atoms with E-state index in [1.54, 1.807) is 0 Å². The van der Waals surface area contributed by atoms with Crippen LogP contribution in [0.4, 0.5) is 23.0 Å². The van der Waals surface area contributed by atoms with Gasteiger partial charge < -0.3 is 16.4 Å². The molecule has 0 aliphatic rings. The number of hydrogen-bond acceptors (Lipinski definition) is 5. The van der Waals surface area contributed by atoms with Crippen molar-refractivity contribution in [2.75, 3.05) is 16.4 Å². The molecule has 0 aliphatic carbocycles. The predicted octanol–water partition coefficient (Wildman–Crippen LogP) is 3.63. The van der Waals surface area contributed by atoms with Crippen LogP contribution in [0, 0.1) is 13.8 Å². The summed E-state index contributed by atoms with van der Waals surface area (Å²) < 4.78 is 0. The lowest BCUT2D eigenvalue weighted by Crippen LogP contribution is -2.27. The van der Waals surface area contributed by atoms with Gasteiger partial charge in [-0.3, -0.25) is 0 Å². The monoisotopic (exact) mass is 285 g/mol. The Morgan fingerprint density at radius 3 is 2.38 bits per heavy atom. The summed E-state index contributed by atoms with van der Waals surface area (Å²) in [6.45, 7) is 10.3. The molecule has 0 saturated carbocycles. The molecule has 2 rings (SSSR count). The van der Waals surface area contributed by atoms with Crippen molar-refractivity contribution in [1.82, 2.24) is 9.97 Å². The molecule has 5 heteroatoms. The van der Waals surface area contributed by atoms with Gasteiger partial charge in [0.05, 0.1) is 0 Å². The van der Waals surface area contributed by atoms with E-state index in [0.717, 1.165) is 5.69 Å². The molecule has 0 unspecified atom stereocenters. The van der Waals surface area contributed by atoms with E-state index in [1.165, 1.54) is 17.5 Å². The second-order valence-corrected chi connectivity index (χ2v) is 6.23. The summed E-state index contributed by atoms with van der Waals surface area (Å²) in [5, 5.41) is 6.58. The van der Waals surface area contributed by atoms with E-state index in [-0.39, 0.29) is 5.54 Å². The molecule has 1 aromatic carbocycles. The number of hydrogen-bond donors (Lipinski definition) is 3. The van der Waals surface area contributed by atoms with Crippen LogP contribution >= 0.6 is 0 Å². The fraction of sp³-hybridized carbons (Fsp3) is 0.375. The zero-order valence-electron chi connectivity index (χ0n) is 13.3. The molecule has 0 saturated heterocycles. The quantitative estimate of drug-likeness (QED) is 0.803. The minimum absolute atomic E-state index is 0.112. The molecule has 112 valence electrons. The van der Waals surface area contributed by atoms with E-state index in [9.17, 15) is 0 Å². The maximum atomic E-state index is 6.18. The molecular formula is C16H23N5. The average Bonchev–Trinajstić information content (AvgIpc) is 2.38. The zero-order valence-corrected chi connectivity index (χ0v) is 13.3. The number of rotatable bonds is 3. The number of aryl methyl sites for hydroxylation is 1. The normalized spacial score (nSPS) is 11.3. The first-order valence-corrected chi connectivity index (χ1v) is 7.00. The van der Waals surface area contributed by atoms with Gasteiger partial charge >= 0.3 is 0 Å². The van der Waals surface area contributed by atoms with Crippen LogP contribution in [0.2, 0.25) is 0 Å². The molecule has 4 N–H and O–H groups in total. The Labute approximate surface area is 126 Å². The van der Waals surface area contributed by atoms with Crippen molar-refractivity contribution >= 4 is 23.0 Å². The Kier molecular flexibility index (Phi) is 4.02. The number of nitrogens with two attached hydrogens (primary N) is 1. The highest BCUT2D eigenvalue weighted by molar-refractivity contribution is 5.78. The van der Waals surface area contributed by atoms with E-state index in [1.807, 2.05) is 12.1 Å². The molecule has 0 atom stereocenters. The third-order valence-corrected chi connectivity index (χ3v) is 3.24. The SMILES string of the molecule is Cc1cccc(Nc2ncnc(NC(C)(C)C)c2N)c1C. The van der Waals surface area contributed by atoms with Gasteiger partial charge in [0, 0.05) is 11.2 Å². The number of aromatic nitrogens is 2. The van der Waals surface area contributed by atoms with E-state index in [0.29, 0.717) is 17.3 Å². The third-order valence-electron chi connectivity index (χ3n) is 3.24. The highest BCUT2D eigenvalue weighted by atomic mass is 15.1. The molecular weight excluding hydrogens is 262 g/mol. The molecule has 2 aromatic rings. The van der Waals surface area contributed by atoms with E-state index >= 15 is 0 Å². The highest BCUT2D eigenvalue weighted by Crippen LogP contribution is 2.29. The van der Waals surface area contributed by atoms with Crippen molar-refractivity contribution in [3.63, 3.8) is 0 Å². The fourth-order valence-corrected chi connectivity index (χ4v) is 1.96. The summed E-state index contributed by atoms with van der Waals surface area (Å²) in [7, 11) is 0. The highest BCUT2D eigenvalue weighted by Gasteiger charge is 2.15. The lowest BCUT2D eigenvalue weighted by atomic mass is 10.1. The van der Waals surface area contributed by atoms with Gasteiger partial charge in [-0.25, -0.2) is 9.97 Å². The molecule has 1 aromatic heterocycles. The lowest BCUT2D eigenvalue weighted by Gasteiger charge is -2.23. The maximum absolute atomic E-state index is 6.18. The Hall–Kier alpha value is -2.30. The molecule has 21 heavy (non-hydrogen) atoms. The van der Waals surface area contributed by atoms with Crippen molar-refractivity contribution in [3.8, 4) is 0 Å². The fourth-order valence-electron chi connectivity index (χ4n) is 1.96. The summed E-state index contributed by atoms with van der Waals surface area (Å²) in [5.41, 5.74) is 9.99. The predicted molar refractivity (Wildman–Crippen MR) is 89.0 cm³/mol. The van der Waals surface area contributed by atoms with Crippen LogP contribution in [-0.2, 0) is 0 Å². The number of anilines is 4. The molecule has 0 spiro atoms. The molecule has 5 nitrogen and oxygen atoms in total. The first-order valence-electron chi connectivity index (χ1n) is 7.00. The van der Waals surface area contributed by atoms with Crippen LogP contribution in [0.3, 0.4) is 0 Å². The molecule has 0 fully saturated rings. The maximum Gasteiger partial charge on any atom is 0.159 e. The largest absolute Gasteiger partial charge is 0.393 e. The molecule has 0 aliphatic heterocycles. The molecule has 0 amide bonds. The van der Waals surface area contributed by atoms with Crippen LogP contribution in [0.5, 0.6) is 0 Å². The van der Waals surface area contributed by atoms with Crippen LogP contribution in [-0.4, -0.2) is 15.5 Å². The van der Waals surface area contributed by atoms with Crippen molar-refractivity contribution in [3.05, 3.63) is 35.7 Å². The van der Waals surface area contributed by atoms with Crippen LogP contribution in [0.25, 0.3) is 0 Å². The van der Waals surface area contributed by atoms with E-state index in [4.69, 9.17) is 5.73 Å². The Balaban J connectivity index is 2.33. The minimum atomic E-state index is -0.112. The number of nitrogens with one attached hydrogen (secondary N) is 2. The summed E-state index contributed by atoms with van der Waals surface area (Å²) in [6.07, 6.45) is 1.51. The molecule has 0 bridgehead atoms. The van der Waals surface area contributed by atoms with Crippen molar-refractivity contribution < 1.29 is 0 Å². The van der Waals surface area contributed by atoms with Gasteiger partial charge in [-0.2, -0.15) is 0 Å². The topological polar surface area (TPSA) is 75.9 Å². The smallest absolute Gasteiger partial charge is 0.159 e. The summed E-state index contributed by atoms with van der Waals surface area (Å²) in [4.78, 5) is 8.47. The average molecular weight is 285 g/mol. The van der Waals surface area contributed by atoms with Crippen LogP contribution in [0.15, 0.2) is 24.5 Å². The summed E-state index contributed by atoms with van der Waals surface area (Å²) >= 11 is 0. The van der Waals surface area contributed by atoms with Crippen LogP contribution in [0.1, 0.15) is 31.9 Å². The standard InChI is InChI=1S/C16H23N5/c1-10-7-6-8-12(11(10)2)20-14-13(17)15(19-9-18-14)21-16(3,4)5/h6-9H,17H2,1-5H3,(H2,18,19,20,21). The van der Waals surface area contributed by atoms with Gasteiger partial charge in [0.25, 0.3) is 0 Å². The Morgan fingerprint density at radius 1 is 1.05 bits per heavy atom.